The van der Waals surface area contributed by atoms with Crippen molar-refractivity contribution in [2.24, 2.45) is 4.99 Å². The van der Waals surface area contributed by atoms with Crippen molar-refractivity contribution in [2.45, 2.75) is 46.8 Å². The second-order valence-electron chi connectivity index (χ2n) is 8.83. The van der Waals surface area contributed by atoms with E-state index in [2.05, 4.69) is 6.92 Å². The van der Waals surface area contributed by atoms with Crippen molar-refractivity contribution < 1.29 is 18.7 Å². The molecule has 0 aliphatic carbocycles. The molecule has 0 saturated carbocycles. The van der Waals surface area contributed by atoms with Gasteiger partial charge in [-0.15, -0.1) is 0 Å². The fraction of sp³-hybridized carbons (Fsp3) is 0.267. The van der Waals surface area contributed by atoms with Gasteiger partial charge in [-0.2, -0.15) is 0 Å². The van der Waals surface area contributed by atoms with Gasteiger partial charge in [0.05, 0.1) is 17.2 Å². The Kier molecular flexibility index (Phi) is 8.66. The van der Waals surface area contributed by atoms with Gasteiger partial charge in [0, 0.05) is 6.04 Å². The highest BCUT2D eigenvalue weighted by atomic mass is 32.2. The molecule has 1 atom stereocenters. The topological polar surface area (TPSA) is 51.1 Å². The van der Waals surface area contributed by atoms with E-state index in [0.29, 0.717) is 28.2 Å². The highest BCUT2D eigenvalue weighted by molar-refractivity contribution is 8.18. The Balaban J connectivity index is 1.59. The van der Waals surface area contributed by atoms with Crippen LogP contribution in [0.15, 0.2) is 76.6 Å². The van der Waals surface area contributed by atoms with Crippen LogP contribution < -0.4 is 9.47 Å². The molecule has 4 rings (SSSR count). The minimum atomic E-state index is -0.283. The van der Waals surface area contributed by atoms with Crippen LogP contribution in [0.4, 0.5) is 10.1 Å². The molecule has 1 aliphatic heterocycles. The third-order valence-electron chi connectivity index (χ3n) is 6.00. The molecule has 0 aromatic heterocycles. The molecule has 0 bridgehead atoms. The summed E-state index contributed by atoms with van der Waals surface area (Å²) in [6, 6.07) is 19.8. The number of nitrogens with zero attached hydrogens (tertiary/aromatic N) is 2. The Morgan fingerprint density at radius 1 is 1.00 bits per heavy atom. The fourth-order valence-corrected chi connectivity index (χ4v) is 4.85. The Morgan fingerprint density at radius 3 is 2.41 bits per heavy atom. The van der Waals surface area contributed by atoms with Gasteiger partial charge in [0.25, 0.3) is 5.91 Å². The zero-order valence-electron chi connectivity index (χ0n) is 21.5. The minimum Gasteiger partial charge on any atom is -0.490 e. The third kappa shape index (κ3) is 6.60. The van der Waals surface area contributed by atoms with Gasteiger partial charge in [-0.05, 0) is 92.6 Å². The van der Waals surface area contributed by atoms with Crippen LogP contribution in [0, 0.1) is 12.7 Å². The molecule has 1 fully saturated rings. The number of aliphatic imine (C=N–C) groups is 1. The standard InChI is InChI=1S/C30H31FN2O3S/c1-5-21(4)33-29(34)28(37-30(33)32-25-14-7-20(3)8-15-25)18-23-11-16-26(27(17-23)35-6-2)36-19-22-9-12-24(31)13-10-22/h7-18,21H,5-6,19H2,1-4H3/b28-18+,32-30?/t21-/m0/s1. The van der Waals surface area contributed by atoms with E-state index in [1.165, 1.54) is 23.9 Å². The zero-order chi connectivity index (χ0) is 26.4. The maximum atomic E-state index is 13.4. The molecule has 192 valence electrons. The van der Waals surface area contributed by atoms with E-state index in [1.54, 1.807) is 17.0 Å². The van der Waals surface area contributed by atoms with Crippen LogP contribution in [-0.2, 0) is 11.4 Å². The molecule has 3 aromatic rings. The van der Waals surface area contributed by atoms with Gasteiger partial charge in [0.1, 0.15) is 12.4 Å². The number of ether oxygens (including phenoxy) is 2. The Labute approximate surface area is 222 Å². The molecule has 1 saturated heterocycles. The second-order valence-corrected chi connectivity index (χ2v) is 9.84. The monoisotopic (exact) mass is 518 g/mol. The number of carbonyl (C=O) groups excluding carboxylic acids is 1. The van der Waals surface area contributed by atoms with Crippen LogP contribution in [0.3, 0.4) is 0 Å². The average molecular weight is 519 g/mol. The summed E-state index contributed by atoms with van der Waals surface area (Å²) in [5.41, 5.74) is 3.66. The maximum Gasteiger partial charge on any atom is 0.266 e. The number of amidine groups is 1. The summed E-state index contributed by atoms with van der Waals surface area (Å²) >= 11 is 1.38. The molecule has 0 radical (unpaired) electrons. The highest BCUT2D eigenvalue weighted by Crippen LogP contribution is 2.37. The predicted molar refractivity (Wildman–Crippen MR) is 149 cm³/mol. The molecule has 5 nitrogen and oxygen atoms in total. The summed E-state index contributed by atoms with van der Waals surface area (Å²) < 4.78 is 25.0. The summed E-state index contributed by atoms with van der Waals surface area (Å²) in [4.78, 5) is 20.6. The number of hydrogen-bond donors (Lipinski definition) is 0. The van der Waals surface area contributed by atoms with E-state index >= 15 is 0 Å². The van der Waals surface area contributed by atoms with Crippen molar-refractivity contribution in [2.75, 3.05) is 6.61 Å². The molecule has 1 aliphatic rings. The van der Waals surface area contributed by atoms with Crippen molar-refractivity contribution in [1.29, 1.82) is 0 Å². The molecular weight excluding hydrogens is 487 g/mol. The molecule has 1 heterocycles. The van der Waals surface area contributed by atoms with Gasteiger partial charge < -0.3 is 9.47 Å². The van der Waals surface area contributed by atoms with Crippen LogP contribution in [0.5, 0.6) is 11.5 Å². The number of benzene rings is 3. The van der Waals surface area contributed by atoms with Crippen LogP contribution >= 0.6 is 11.8 Å². The second kappa shape index (κ2) is 12.1. The van der Waals surface area contributed by atoms with Crippen LogP contribution in [-0.4, -0.2) is 28.6 Å². The predicted octanol–water partition coefficient (Wildman–Crippen LogP) is 7.51. The minimum absolute atomic E-state index is 0.0244. The van der Waals surface area contributed by atoms with E-state index < -0.39 is 0 Å². The van der Waals surface area contributed by atoms with Crippen molar-refractivity contribution in [3.63, 3.8) is 0 Å². The summed E-state index contributed by atoms with van der Waals surface area (Å²) in [5, 5.41) is 0.679. The first-order chi connectivity index (χ1) is 17.9. The number of thioether (sulfide) groups is 1. The lowest BCUT2D eigenvalue weighted by Crippen LogP contribution is -2.36. The lowest BCUT2D eigenvalue weighted by atomic mass is 10.1. The molecule has 1 amide bonds. The number of aryl methyl sites for hydroxylation is 1. The van der Waals surface area contributed by atoms with Crippen molar-refractivity contribution in [3.8, 4) is 11.5 Å². The smallest absolute Gasteiger partial charge is 0.266 e. The van der Waals surface area contributed by atoms with Gasteiger partial charge in [0.15, 0.2) is 16.7 Å². The number of hydrogen-bond acceptors (Lipinski definition) is 5. The first-order valence-electron chi connectivity index (χ1n) is 12.4. The first-order valence-corrected chi connectivity index (χ1v) is 13.2. The van der Waals surface area contributed by atoms with E-state index in [0.717, 1.165) is 28.8 Å². The largest absolute Gasteiger partial charge is 0.490 e. The van der Waals surface area contributed by atoms with Gasteiger partial charge in [-0.3, -0.25) is 9.69 Å². The van der Waals surface area contributed by atoms with Crippen molar-refractivity contribution >= 4 is 34.6 Å². The van der Waals surface area contributed by atoms with Crippen molar-refractivity contribution in [1.82, 2.24) is 4.90 Å². The molecule has 3 aromatic carbocycles. The average Bonchev–Trinajstić information content (AvgIpc) is 3.19. The van der Waals surface area contributed by atoms with E-state index in [4.69, 9.17) is 14.5 Å². The number of amides is 1. The summed E-state index contributed by atoms with van der Waals surface area (Å²) in [6.45, 7) is 8.79. The summed E-state index contributed by atoms with van der Waals surface area (Å²) in [7, 11) is 0. The fourth-order valence-electron chi connectivity index (χ4n) is 3.76. The Hall–Kier alpha value is -3.58. The summed E-state index contributed by atoms with van der Waals surface area (Å²) in [5.74, 6) is 0.831. The van der Waals surface area contributed by atoms with Crippen LogP contribution in [0.2, 0.25) is 0 Å². The molecule has 37 heavy (non-hydrogen) atoms. The number of halogens is 1. The quantitative estimate of drug-likeness (QED) is 0.275. The lowest BCUT2D eigenvalue weighted by molar-refractivity contribution is -0.123. The van der Waals surface area contributed by atoms with Gasteiger partial charge >= 0.3 is 0 Å². The Morgan fingerprint density at radius 2 is 1.73 bits per heavy atom. The first kappa shape index (κ1) is 26.5. The third-order valence-corrected chi connectivity index (χ3v) is 6.98. The van der Waals surface area contributed by atoms with E-state index in [1.807, 2.05) is 69.3 Å². The lowest BCUT2D eigenvalue weighted by Gasteiger charge is -2.22. The molecular formula is C30H31FN2O3S. The number of rotatable bonds is 9. The van der Waals surface area contributed by atoms with Crippen LogP contribution in [0.1, 0.15) is 43.9 Å². The van der Waals surface area contributed by atoms with Crippen LogP contribution in [0.25, 0.3) is 6.08 Å². The molecule has 0 spiro atoms. The van der Waals surface area contributed by atoms with Gasteiger partial charge in [0.2, 0.25) is 0 Å². The normalized spacial score (nSPS) is 16.5. The summed E-state index contributed by atoms with van der Waals surface area (Å²) in [6.07, 6.45) is 2.69. The molecule has 7 heteroatoms. The van der Waals surface area contributed by atoms with E-state index in [-0.39, 0.29) is 24.4 Å². The molecule has 0 unspecified atom stereocenters. The van der Waals surface area contributed by atoms with Crippen molar-refractivity contribution in [3.05, 3.63) is 94.1 Å². The SMILES string of the molecule is CCOc1cc(/C=C2/SC(=Nc3ccc(C)cc3)N([C@@H](C)CC)C2=O)ccc1OCc1ccc(F)cc1. The van der Waals surface area contributed by atoms with Gasteiger partial charge in [-0.25, -0.2) is 9.38 Å². The zero-order valence-corrected chi connectivity index (χ0v) is 22.3. The Bertz CT molecular complexity index is 1300. The van der Waals surface area contributed by atoms with Gasteiger partial charge in [-0.1, -0.05) is 42.8 Å². The highest BCUT2D eigenvalue weighted by Gasteiger charge is 2.36. The van der Waals surface area contributed by atoms with E-state index in [9.17, 15) is 9.18 Å². The molecule has 0 N–H and O–H groups in total. The number of carbonyl (C=O) groups is 1. The maximum absolute atomic E-state index is 13.4.